The van der Waals surface area contributed by atoms with Gasteiger partial charge in [-0.2, -0.15) is 0 Å². The van der Waals surface area contributed by atoms with Crippen LogP contribution in [-0.4, -0.2) is 37.2 Å². The summed E-state index contributed by atoms with van der Waals surface area (Å²) in [7, 11) is 0. The Morgan fingerprint density at radius 1 is 0.282 bits per heavy atom. The first-order valence-corrected chi connectivity index (χ1v) is 31.5. The fraction of sp³-hybridized carbons (Fsp3) is 0.862. The van der Waals surface area contributed by atoms with Crippen molar-refractivity contribution < 1.29 is 28.6 Å². The van der Waals surface area contributed by atoms with Gasteiger partial charge in [-0.05, 0) is 77.0 Å². The van der Waals surface area contributed by atoms with Gasteiger partial charge in [0, 0.05) is 19.3 Å². The molecule has 0 saturated heterocycles. The Kier molecular flexibility index (Phi) is 58.2. The second-order valence-electron chi connectivity index (χ2n) is 21.3. The van der Waals surface area contributed by atoms with Crippen LogP contribution in [0.1, 0.15) is 342 Å². The van der Waals surface area contributed by atoms with Crippen molar-refractivity contribution in [3.05, 3.63) is 36.5 Å². The zero-order valence-corrected chi connectivity index (χ0v) is 47.8. The van der Waals surface area contributed by atoms with E-state index in [-0.39, 0.29) is 31.1 Å². The number of esters is 3. The second kappa shape index (κ2) is 60.2. The van der Waals surface area contributed by atoms with Gasteiger partial charge in [0.1, 0.15) is 13.2 Å². The Morgan fingerprint density at radius 3 is 0.789 bits per heavy atom. The molecular weight excluding hydrogens is 877 g/mol. The monoisotopic (exact) mass is 997 g/mol. The van der Waals surface area contributed by atoms with Crippen molar-refractivity contribution in [1.29, 1.82) is 0 Å². The van der Waals surface area contributed by atoms with Gasteiger partial charge in [0.15, 0.2) is 6.10 Å². The molecule has 0 bridgehead atoms. The molecule has 0 aliphatic heterocycles. The lowest BCUT2D eigenvalue weighted by molar-refractivity contribution is -0.167. The van der Waals surface area contributed by atoms with Crippen LogP contribution in [-0.2, 0) is 28.6 Å². The number of hydrogen-bond acceptors (Lipinski definition) is 6. The van der Waals surface area contributed by atoms with Crippen LogP contribution in [0, 0.1) is 0 Å². The van der Waals surface area contributed by atoms with Gasteiger partial charge in [-0.3, -0.25) is 14.4 Å². The summed E-state index contributed by atoms with van der Waals surface area (Å²) in [4.78, 5) is 38.3. The standard InChI is InChI=1S/C65H120O6/c1-4-7-10-13-16-19-22-25-28-31-32-33-34-35-38-40-43-46-49-52-55-58-64(67)70-61-62(71-65(68)59-56-53-50-47-44-41-37-30-27-24-21-18-15-12-9-6-3)60-69-63(66)57-54-51-48-45-42-39-36-29-26-23-20-17-14-11-8-5-2/h22,25,30-32,37,62H,4-21,23-24,26-29,33-36,38-61H2,1-3H3/b25-22-,32-31-,37-30-. The van der Waals surface area contributed by atoms with Crippen molar-refractivity contribution in [3.63, 3.8) is 0 Å². The summed E-state index contributed by atoms with van der Waals surface area (Å²) in [6, 6.07) is 0. The third-order valence-electron chi connectivity index (χ3n) is 14.1. The van der Waals surface area contributed by atoms with Crippen molar-refractivity contribution in [2.45, 2.75) is 348 Å². The van der Waals surface area contributed by atoms with Crippen molar-refractivity contribution in [3.8, 4) is 0 Å². The highest BCUT2D eigenvalue weighted by atomic mass is 16.6. The van der Waals surface area contributed by atoms with Crippen LogP contribution in [0.25, 0.3) is 0 Å². The molecule has 0 N–H and O–H groups in total. The van der Waals surface area contributed by atoms with Crippen molar-refractivity contribution in [2.24, 2.45) is 0 Å². The van der Waals surface area contributed by atoms with E-state index in [1.165, 1.54) is 231 Å². The molecule has 0 heterocycles. The highest BCUT2D eigenvalue weighted by Gasteiger charge is 2.19. The lowest BCUT2D eigenvalue weighted by Crippen LogP contribution is -2.30. The summed E-state index contributed by atoms with van der Waals surface area (Å²) in [6.07, 6.45) is 72.8. The summed E-state index contributed by atoms with van der Waals surface area (Å²) in [6.45, 7) is 6.67. The van der Waals surface area contributed by atoms with E-state index in [9.17, 15) is 14.4 Å². The molecule has 6 nitrogen and oxygen atoms in total. The third kappa shape index (κ3) is 58.4. The Labute approximate surface area is 442 Å². The molecule has 0 radical (unpaired) electrons. The molecule has 0 rings (SSSR count). The largest absolute Gasteiger partial charge is 0.462 e. The predicted octanol–water partition coefficient (Wildman–Crippen LogP) is 21.2. The molecule has 0 aliphatic carbocycles. The van der Waals surface area contributed by atoms with Crippen molar-refractivity contribution in [2.75, 3.05) is 13.2 Å². The summed E-state index contributed by atoms with van der Waals surface area (Å²) < 4.78 is 16.9. The molecule has 0 aromatic carbocycles. The predicted molar refractivity (Wildman–Crippen MR) is 307 cm³/mol. The van der Waals surface area contributed by atoms with Gasteiger partial charge in [0.2, 0.25) is 0 Å². The molecule has 6 heteroatoms. The molecule has 0 aliphatic rings. The molecular formula is C65H120O6. The zero-order chi connectivity index (χ0) is 51.4. The van der Waals surface area contributed by atoms with Crippen molar-refractivity contribution in [1.82, 2.24) is 0 Å². The van der Waals surface area contributed by atoms with Gasteiger partial charge in [-0.1, -0.05) is 282 Å². The first-order chi connectivity index (χ1) is 35.0. The van der Waals surface area contributed by atoms with Gasteiger partial charge < -0.3 is 14.2 Å². The van der Waals surface area contributed by atoms with Crippen LogP contribution in [0.2, 0.25) is 0 Å². The summed E-state index contributed by atoms with van der Waals surface area (Å²) in [5.41, 5.74) is 0. The van der Waals surface area contributed by atoms with Crippen LogP contribution in [0.15, 0.2) is 36.5 Å². The average molecular weight is 998 g/mol. The smallest absolute Gasteiger partial charge is 0.306 e. The molecule has 0 aromatic rings. The Bertz CT molecular complexity index is 1190. The van der Waals surface area contributed by atoms with Gasteiger partial charge in [-0.15, -0.1) is 0 Å². The minimum Gasteiger partial charge on any atom is -0.462 e. The van der Waals surface area contributed by atoms with Crippen LogP contribution >= 0.6 is 0 Å². The average Bonchev–Trinajstić information content (AvgIpc) is 3.37. The normalized spacial score (nSPS) is 12.2. The topological polar surface area (TPSA) is 78.9 Å². The Balaban J connectivity index is 4.33. The molecule has 1 unspecified atom stereocenters. The van der Waals surface area contributed by atoms with Crippen LogP contribution < -0.4 is 0 Å². The quantitative estimate of drug-likeness (QED) is 0.0261. The Hall–Kier alpha value is -2.37. The van der Waals surface area contributed by atoms with E-state index >= 15 is 0 Å². The molecule has 1 atom stereocenters. The van der Waals surface area contributed by atoms with Gasteiger partial charge in [-0.25, -0.2) is 0 Å². The molecule has 0 amide bonds. The molecule has 0 spiro atoms. The maximum Gasteiger partial charge on any atom is 0.306 e. The van der Waals surface area contributed by atoms with E-state index in [2.05, 4.69) is 57.2 Å². The van der Waals surface area contributed by atoms with Gasteiger partial charge >= 0.3 is 17.9 Å². The number of hydrogen-bond donors (Lipinski definition) is 0. The maximum absolute atomic E-state index is 12.9. The second-order valence-corrected chi connectivity index (χ2v) is 21.3. The lowest BCUT2D eigenvalue weighted by Gasteiger charge is -2.18. The van der Waals surface area contributed by atoms with Crippen molar-refractivity contribution >= 4 is 17.9 Å². The van der Waals surface area contributed by atoms with Crippen LogP contribution in [0.3, 0.4) is 0 Å². The number of rotatable bonds is 58. The fourth-order valence-electron chi connectivity index (χ4n) is 9.35. The molecule has 0 saturated carbocycles. The SMILES string of the molecule is CCCCCCC/C=C\C/C=C\CCCCCCCCCCCC(=O)OCC(COC(=O)CCCCCCCCCCCCCCCCCC)OC(=O)CCCCCCC/C=C\CCCCCCCCC. The number of ether oxygens (including phenoxy) is 3. The maximum atomic E-state index is 12.9. The molecule has 71 heavy (non-hydrogen) atoms. The number of carbonyl (C=O) groups excluding carboxylic acids is 3. The van der Waals surface area contributed by atoms with E-state index in [4.69, 9.17) is 14.2 Å². The fourth-order valence-corrected chi connectivity index (χ4v) is 9.35. The van der Waals surface area contributed by atoms with E-state index in [0.717, 1.165) is 70.6 Å². The minimum atomic E-state index is -0.776. The van der Waals surface area contributed by atoms with E-state index in [1.54, 1.807) is 0 Å². The summed E-state index contributed by atoms with van der Waals surface area (Å²) in [5, 5.41) is 0. The highest BCUT2D eigenvalue weighted by Crippen LogP contribution is 2.17. The number of carbonyl (C=O) groups is 3. The molecule has 0 fully saturated rings. The van der Waals surface area contributed by atoms with Gasteiger partial charge in [0.25, 0.3) is 0 Å². The van der Waals surface area contributed by atoms with E-state index in [0.29, 0.717) is 19.3 Å². The first kappa shape index (κ1) is 68.6. The zero-order valence-electron chi connectivity index (χ0n) is 47.8. The van der Waals surface area contributed by atoms with E-state index < -0.39 is 6.10 Å². The number of allylic oxidation sites excluding steroid dienone is 6. The molecule has 416 valence electrons. The number of unbranched alkanes of at least 4 members (excludes halogenated alkanes) is 41. The summed E-state index contributed by atoms with van der Waals surface area (Å²) >= 11 is 0. The first-order valence-electron chi connectivity index (χ1n) is 31.5. The Morgan fingerprint density at radius 2 is 0.507 bits per heavy atom. The van der Waals surface area contributed by atoms with E-state index in [1.807, 2.05) is 0 Å². The highest BCUT2D eigenvalue weighted by molar-refractivity contribution is 5.71. The van der Waals surface area contributed by atoms with Crippen LogP contribution in [0.4, 0.5) is 0 Å². The van der Waals surface area contributed by atoms with Crippen LogP contribution in [0.5, 0.6) is 0 Å². The summed E-state index contributed by atoms with van der Waals surface area (Å²) in [5.74, 6) is -0.863. The van der Waals surface area contributed by atoms with Gasteiger partial charge in [0.05, 0.1) is 0 Å². The third-order valence-corrected chi connectivity index (χ3v) is 14.1. The lowest BCUT2D eigenvalue weighted by atomic mass is 10.0. The molecule has 0 aromatic heterocycles. The minimum absolute atomic E-state index is 0.0726.